The van der Waals surface area contributed by atoms with E-state index in [4.69, 9.17) is 9.47 Å². The number of benzene rings is 2. The molecule has 3 rings (SSSR count). The van der Waals surface area contributed by atoms with Crippen LogP contribution in [0.2, 0.25) is 0 Å². The highest BCUT2D eigenvalue weighted by atomic mass is 32.2. The molecule has 202 valence electrons. The molecule has 1 aliphatic rings. The molecule has 1 aliphatic heterocycles. The summed E-state index contributed by atoms with van der Waals surface area (Å²) >= 11 is 0. The van der Waals surface area contributed by atoms with Crippen LogP contribution in [0.3, 0.4) is 0 Å². The largest absolute Gasteiger partial charge is 0.487 e. The summed E-state index contributed by atoms with van der Waals surface area (Å²) in [4.78, 5) is -0.319. The summed E-state index contributed by atoms with van der Waals surface area (Å²) in [5.74, 6) is 4.53. The molecule has 0 unspecified atom stereocenters. The second-order valence-electron chi connectivity index (χ2n) is 8.88. The molecule has 0 amide bonds. The van der Waals surface area contributed by atoms with Crippen molar-refractivity contribution < 1.29 is 35.8 Å². The lowest BCUT2D eigenvalue weighted by Gasteiger charge is -2.37. The van der Waals surface area contributed by atoms with E-state index in [9.17, 15) is 26.3 Å². The molecular weight excluding hydrogens is 523 g/mol. The first kappa shape index (κ1) is 29.0. The molecule has 9 nitrogen and oxygen atoms in total. The third-order valence-corrected chi connectivity index (χ3v) is 9.90. The van der Waals surface area contributed by atoms with E-state index in [1.54, 1.807) is 19.9 Å². The number of likely N-dealkylation sites (N-methyl/N-ethyl adjacent to an activating group) is 1. The number of nitrogens with zero attached hydrogens (tertiary/aromatic N) is 2. The predicted octanol–water partition coefficient (Wildman–Crippen LogP) is 1.91. The maximum Gasteiger partial charge on any atom is 0.247 e. The van der Waals surface area contributed by atoms with Gasteiger partial charge in [-0.05, 0) is 43.3 Å². The number of rotatable bonds is 7. The minimum Gasteiger partial charge on any atom is -0.487 e. The van der Waals surface area contributed by atoms with Gasteiger partial charge in [0.25, 0.3) is 0 Å². The van der Waals surface area contributed by atoms with Gasteiger partial charge in [0.1, 0.15) is 29.2 Å². The standard InChI is InChI=1S/C25H31FN2O7S2/c1-18-15-28(19(2)17-29)37(32,33)25-11-10-20(7-6-12-34-4)13-23(25)35-24(18)16-27(3)36(30,31)22-9-5-8-21(26)14-22/h5,8-11,13-14,18-19,24,29H,12,15-17H2,1-4H3/t18-,19+,24-/m0/s1. The Morgan fingerprint density at radius 3 is 2.68 bits per heavy atom. The van der Waals surface area contributed by atoms with Gasteiger partial charge in [-0.2, -0.15) is 8.61 Å². The van der Waals surface area contributed by atoms with E-state index in [0.717, 1.165) is 16.4 Å². The summed E-state index contributed by atoms with van der Waals surface area (Å²) in [5, 5.41) is 9.76. The second kappa shape index (κ2) is 11.9. The smallest absolute Gasteiger partial charge is 0.247 e. The number of aliphatic hydroxyl groups is 1. The van der Waals surface area contributed by atoms with Crippen LogP contribution in [0.4, 0.5) is 4.39 Å². The van der Waals surface area contributed by atoms with Crippen molar-refractivity contribution in [2.45, 2.75) is 35.8 Å². The number of hydrogen-bond donors (Lipinski definition) is 1. The van der Waals surface area contributed by atoms with Crippen LogP contribution in [-0.4, -0.2) is 83.2 Å². The Hall–Kier alpha value is -2.53. The molecule has 0 radical (unpaired) electrons. The topological polar surface area (TPSA) is 113 Å². The zero-order valence-corrected chi connectivity index (χ0v) is 22.7. The van der Waals surface area contributed by atoms with Gasteiger partial charge in [0, 0.05) is 38.2 Å². The summed E-state index contributed by atoms with van der Waals surface area (Å²) in [6.45, 7) is 2.96. The molecular formula is C25H31FN2O7S2. The molecule has 0 saturated carbocycles. The molecule has 2 aromatic rings. The molecule has 0 saturated heterocycles. The van der Waals surface area contributed by atoms with E-state index in [-0.39, 0.29) is 35.2 Å². The van der Waals surface area contributed by atoms with E-state index < -0.39 is 50.5 Å². The lowest BCUT2D eigenvalue weighted by atomic mass is 10.0. The summed E-state index contributed by atoms with van der Waals surface area (Å²) in [7, 11) is -5.26. The van der Waals surface area contributed by atoms with Gasteiger partial charge in [-0.3, -0.25) is 0 Å². The van der Waals surface area contributed by atoms with Crippen molar-refractivity contribution in [2.24, 2.45) is 5.92 Å². The number of hydrogen-bond acceptors (Lipinski definition) is 7. The van der Waals surface area contributed by atoms with Crippen molar-refractivity contribution in [1.82, 2.24) is 8.61 Å². The highest BCUT2D eigenvalue weighted by Crippen LogP contribution is 2.34. The van der Waals surface area contributed by atoms with Gasteiger partial charge in [-0.15, -0.1) is 0 Å². The quantitative estimate of drug-likeness (QED) is 0.520. The molecule has 37 heavy (non-hydrogen) atoms. The third-order valence-electron chi connectivity index (χ3n) is 6.06. The minimum absolute atomic E-state index is 0.0165. The van der Waals surface area contributed by atoms with Crippen LogP contribution in [0.15, 0.2) is 52.3 Å². The molecule has 1 N–H and O–H groups in total. The van der Waals surface area contributed by atoms with Crippen LogP contribution in [0.5, 0.6) is 5.75 Å². The third kappa shape index (κ3) is 6.49. The van der Waals surface area contributed by atoms with Crippen LogP contribution in [0, 0.1) is 23.6 Å². The van der Waals surface area contributed by atoms with E-state index in [1.807, 2.05) is 0 Å². The average molecular weight is 555 g/mol. The van der Waals surface area contributed by atoms with Crippen LogP contribution in [0.25, 0.3) is 0 Å². The van der Waals surface area contributed by atoms with Gasteiger partial charge < -0.3 is 14.6 Å². The Morgan fingerprint density at radius 2 is 2.03 bits per heavy atom. The summed E-state index contributed by atoms with van der Waals surface area (Å²) in [5.41, 5.74) is 0.487. The first-order chi connectivity index (χ1) is 17.4. The molecule has 3 atom stereocenters. The summed E-state index contributed by atoms with van der Waals surface area (Å²) < 4.78 is 80.4. The fourth-order valence-electron chi connectivity index (χ4n) is 3.89. The molecule has 0 spiro atoms. The Kier molecular flexibility index (Phi) is 9.33. The molecule has 0 bridgehead atoms. The van der Waals surface area contributed by atoms with E-state index in [2.05, 4.69) is 11.8 Å². The van der Waals surface area contributed by atoms with Crippen molar-refractivity contribution in [3.8, 4) is 17.6 Å². The minimum atomic E-state index is -4.06. The number of ether oxygens (including phenoxy) is 2. The van der Waals surface area contributed by atoms with Gasteiger partial charge >= 0.3 is 0 Å². The number of sulfonamides is 2. The van der Waals surface area contributed by atoms with Crippen molar-refractivity contribution in [2.75, 3.05) is 40.5 Å². The zero-order chi connectivity index (χ0) is 27.4. The highest BCUT2D eigenvalue weighted by Gasteiger charge is 2.39. The van der Waals surface area contributed by atoms with Gasteiger partial charge in [0.15, 0.2) is 0 Å². The molecule has 1 heterocycles. The highest BCUT2D eigenvalue weighted by molar-refractivity contribution is 7.89. The normalized spacial score (nSPS) is 20.6. The Morgan fingerprint density at radius 1 is 1.30 bits per heavy atom. The van der Waals surface area contributed by atoms with Crippen LogP contribution in [-0.2, 0) is 24.8 Å². The van der Waals surface area contributed by atoms with E-state index in [1.165, 1.54) is 42.7 Å². The number of halogens is 1. The predicted molar refractivity (Wildman–Crippen MR) is 135 cm³/mol. The number of methoxy groups -OCH3 is 1. The summed E-state index contributed by atoms with van der Waals surface area (Å²) in [6, 6.07) is 8.40. The number of fused-ring (bicyclic) bond motifs is 1. The summed E-state index contributed by atoms with van der Waals surface area (Å²) in [6.07, 6.45) is -0.779. The first-order valence-corrected chi connectivity index (χ1v) is 14.4. The van der Waals surface area contributed by atoms with Crippen molar-refractivity contribution in [1.29, 1.82) is 0 Å². The Labute approximate surface area is 217 Å². The molecule has 2 aromatic carbocycles. The molecule has 0 aliphatic carbocycles. The monoisotopic (exact) mass is 554 g/mol. The number of aliphatic hydroxyl groups excluding tert-OH is 1. The SMILES string of the molecule is COCC#Cc1ccc2c(c1)O[C@@H](CN(C)S(=O)(=O)c1cccc(F)c1)[C@@H](C)CN([C@H](C)CO)S2(=O)=O. The van der Waals surface area contributed by atoms with E-state index >= 15 is 0 Å². The molecule has 0 fully saturated rings. The lowest BCUT2D eigenvalue weighted by Crippen LogP contribution is -2.50. The van der Waals surface area contributed by atoms with Gasteiger partial charge in [0.2, 0.25) is 20.0 Å². The molecule has 0 aromatic heterocycles. The molecule has 12 heteroatoms. The lowest BCUT2D eigenvalue weighted by molar-refractivity contribution is 0.0904. The Balaban J connectivity index is 2.05. The fourth-order valence-corrected chi connectivity index (χ4v) is 6.93. The first-order valence-electron chi connectivity index (χ1n) is 11.5. The fraction of sp³-hybridized carbons (Fsp3) is 0.440. The van der Waals surface area contributed by atoms with Crippen molar-refractivity contribution in [3.63, 3.8) is 0 Å². The van der Waals surface area contributed by atoms with Crippen LogP contribution in [0.1, 0.15) is 19.4 Å². The zero-order valence-electron chi connectivity index (χ0n) is 21.1. The maximum atomic E-state index is 13.7. The van der Waals surface area contributed by atoms with Crippen LogP contribution >= 0.6 is 0 Å². The maximum absolute atomic E-state index is 13.7. The average Bonchev–Trinajstić information content (AvgIpc) is 2.85. The second-order valence-corrected chi connectivity index (χ2v) is 12.8. The van der Waals surface area contributed by atoms with E-state index in [0.29, 0.717) is 5.56 Å². The van der Waals surface area contributed by atoms with Gasteiger partial charge in [-0.1, -0.05) is 24.8 Å². The Bertz CT molecular complexity index is 1390. The van der Waals surface area contributed by atoms with Crippen LogP contribution < -0.4 is 4.74 Å². The van der Waals surface area contributed by atoms with Crippen molar-refractivity contribution in [3.05, 3.63) is 53.8 Å². The van der Waals surface area contributed by atoms with Gasteiger partial charge in [0.05, 0.1) is 18.0 Å². The van der Waals surface area contributed by atoms with Crippen molar-refractivity contribution >= 4 is 20.0 Å². The van der Waals surface area contributed by atoms with Gasteiger partial charge in [-0.25, -0.2) is 21.2 Å².